The molecule has 2 aromatic carbocycles. The molecule has 0 saturated heterocycles. The Balaban J connectivity index is 1.52. The molecule has 0 spiro atoms. The molecule has 5 nitrogen and oxygen atoms in total. The minimum Gasteiger partial charge on any atom is -0.489 e. The first-order valence-electron chi connectivity index (χ1n) is 10.3. The smallest absolute Gasteiger partial charge is 0.416 e. The van der Waals surface area contributed by atoms with E-state index in [4.69, 9.17) is 9.47 Å². The first kappa shape index (κ1) is 23.1. The first-order chi connectivity index (χ1) is 15.7. The zero-order chi connectivity index (χ0) is 23.6. The summed E-state index contributed by atoms with van der Waals surface area (Å²) in [7, 11) is 0.232. The molecule has 1 saturated carbocycles. The van der Waals surface area contributed by atoms with Crippen LogP contribution in [-0.2, 0) is 23.8 Å². The summed E-state index contributed by atoms with van der Waals surface area (Å²) in [6, 6.07) is 14.0. The Labute approximate surface area is 192 Å². The van der Waals surface area contributed by atoms with Gasteiger partial charge in [-0.3, -0.25) is 4.72 Å². The molecule has 0 bridgehead atoms. The summed E-state index contributed by atoms with van der Waals surface area (Å²) >= 11 is 0. The Kier molecular flexibility index (Phi) is 6.34. The number of alkyl halides is 3. The summed E-state index contributed by atoms with van der Waals surface area (Å²) < 4.78 is 65.2. The Morgan fingerprint density at radius 2 is 1.85 bits per heavy atom. The second kappa shape index (κ2) is 9.05. The number of hydrogen-bond acceptors (Lipinski definition) is 4. The van der Waals surface area contributed by atoms with Gasteiger partial charge in [-0.25, -0.2) is 9.19 Å². The molecule has 0 amide bonds. The molecule has 1 fully saturated rings. The van der Waals surface area contributed by atoms with E-state index in [-0.39, 0.29) is 11.4 Å². The van der Waals surface area contributed by atoms with Crippen molar-refractivity contribution in [1.82, 2.24) is 4.98 Å². The molecule has 3 aromatic rings. The Hall–Kier alpha value is -3.07. The fourth-order valence-electron chi connectivity index (χ4n) is 3.20. The number of aromatic nitrogens is 1. The van der Waals surface area contributed by atoms with Gasteiger partial charge in [-0.15, -0.1) is 0 Å². The molecule has 1 heterocycles. The van der Waals surface area contributed by atoms with Crippen LogP contribution in [0.25, 0.3) is 11.1 Å². The molecule has 1 aromatic heterocycles. The number of hydrogen-bond donors (Lipinski definition) is 1. The number of rotatable bonds is 8. The Morgan fingerprint density at radius 1 is 1.09 bits per heavy atom. The average Bonchev–Trinajstić information content (AvgIpc) is 3.56. The quantitative estimate of drug-likeness (QED) is 0.434. The molecular formula is C24H23F3N2O3S. The van der Waals surface area contributed by atoms with Crippen molar-refractivity contribution in [2.75, 3.05) is 11.8 Å². The third kappa shape index (κ3) is 5.47. The number of anilines is 1. The third-order valence-electron chi connectivity index (χ3n) is 5.48. The van der Waals surface area contributed by atoms with Gasteiger partial charge in [0.1, 0.15) is 29.0 Å². The summed E-state index contributed by atoms with van der Waals surface area (Å²) in [6.45, 7) is 1.96. The Morgan fingerprint density at radius 3 is 2.55 bits per heavy atom. The lowest BCUT2D eigenvalue weighted by atomic mass is 10.1. The normalized spacial score (nSPS) is 15.5. The maximum atomic E-state index is 12.9. The number of methoxy groups -OCH3 is 1. The van der Waals surface area contributed by atoms with Gasteiger partial charge in [-0.05, 0) is 61.2 Å². The van der Waals surface area contributed by atoms with Crippen molar-refractivity contribution in [3.05, 3.63) is 71.9 Å². The van der Waals surface area contributed by atoms with Gasteiger partial charge >= 0.3 is 6.18 Å². The number of nitrogens with zero attached hydrogens (tertiary/aromatic N) is 1. The summed E-state index contributed by atoms with van der Waals surface area (Å²) in [6.07, 6.45) is -0.970. The number of pyridine rings is 1. The highest BCUT2D eigenvalue weighted by atomic mass is 32.2. The standard InChI is InChI=1S/C24H23F3N2O3S/c1-23(9-10-23)33(30)29-21-13-18(14-28-22(21)31-2)17-6-4-8-20(12-17)32-15-16-5-3-7-19(11-16)24(25,26)27/h3-8,11-14,29H,9-10,15H2,1-2H3. The Bertz CT molecular complexity index is 1180. The van der Waals surface area contributed by atoms with Crippen molar-refractivity contribution in [2.24, 2.45) is 0 Å². The highest BCUT2D eigenvalue weighted by Crippen LogP contribution is 2.42. The van der Waals surface area contributed by atoms with E-state index in [0.717, 1.165) is 36.1 Å². The highest BCUT2D eigenvalue weighted by molar-refractivity contribution is 7.88. The van der Waals surface area contributed by atoms with Crippen molar-refractivity contribution in [3.8, 4) is 22.8 Å². The van der Waals surface area contributed by atoms with Gasteiger partial charge < -0.3 is 9.47 Å². The summed E-state index contributed by atoms with van der Waals surface area (Å²) in [4.78, 5) is 4.32. The van der Waals surface area contributed by atoms with Crippen LogP contribution >= 0.6 is 0 Å². The maximum Gasteiger partial charge on any atom is 0.416 e. The van der Waals surface area contributed by atoms with Gasteiger partial charge in [-0.1, -0.05) is 24.3 Å². The van der Waals surface area contributed by atoms with E-state index in [9.17, 15) is 17.4 Å². The minimum absolute atomic E-state index is 0.00138. The lowest BCUT2D eigenvalue weighted by molar-refractivity contribution is -0.137. The van der Waals surface area contributed by atoms with Crippen molar-refractivity contribution >= 4 is 16.7 Å². The van der Waals surface area contributed by atoms with Gasteiger partial charge in [0.2, 0.25) is 5.88 Å². The second-order valence-electron chi connectivity index (χ2n) is 8.12. The number of nitrogens with one attached hydrogen (secondary N) is 1. The van der Waals surface area contributed by atoms with E-state index in [1.807, 2.05) is 13.0 Å². The summed E-state index contributed by atoms with van der Waals surface area (Å²) in [5, 5.41) is 0. The van der Waals surface area contributed by atoms with E-state index < -0.39 is 22.7 Å². The topological polar surface area (TPSA) is 60.5 Å². The van der Waals surface area contributed by atoms with Crippen LogP contribution in [0.2, 0.25) is 0 Å². The molecule has 0 aliphatic heterocycles. The summed E-state index contributed by atoms with van der Waals surface area (Å²) in [5.41, 5.74) is 1.78. The van der Waals surface area contributed by atoms with Crippen LogP contribution in [0.3, 0.4) is 0 Å². The average molecular weight is 477 g/mol. The second-order valence-corrected chi connectivity index (χ2v) is 9.84. The van der Waals surface area contributed by atoms with E-state index in [2.05, 4.69) is 9.71 Å². The molecule has 1 aliphatic carbocycles. The molecule has 1 unspecified atom stereocenters. The highest BCUT2D eigenvalue weighted by Gasteiger charge is 2.44. The van der Waals surface area contributed by atoms with Gasteiger partial charge in [0, 0.05) is 11.8 Å². The monoisotopic (exact) mass is 476 g/mol. The lowest BCUT2D eigenvalue weighted by Crippen LogP contribution is -2.19. The molecule has 1 aliphatic rings. The van der Waals surface area contributed by atoms with E-state index in [1.54, 1.807) is 36.5 Å². The molecule has 1 atom stereocenters. The molecule has 1 N–H and O–H groups in total. The van der Waals surface area contributed by atoms with Gasteiger partial charge in [0.15, 0.2) is 0 Å². The van der Waals surface area contributed by atoms with Crippen molar-refractivity contribution in [1.29, 1.82) is 0 Å². The van der Waals surface area contributed by atoms with Gasteiger partial charge in [0.25, 0.3) is 0 Å². The van der Waals surface area contributed by atoms with Crippen molar-refractivity contribution in [3.63, 3.8) is 0 Å². The van der Waals surface area contributed by atoms with Crippen LogP contribution in [-0.4, -0.2) is 21.0 Å². The number of benzene rings is 2. The van der Waals surface area contributed by atoms with Crippen LogP contribution in [0.15, 0.2) is 60.8 Å². The van der Waals surface area contributed by atoms with Crippen LogP contribution in [0.1, 0.15) is 30.9 Å². The predicted octanol–water partition coefficient (Wildman–Crippen LogP) is 5.98. The first-order valence-corrected chi connectivity index (χ1v) is 11.4. The van der Waals surface area contributed by atoms with Crippen molar-refractivity contribution < 1.29 is 26.9 Å². The van der Waals surface area contributed by atoms with Crippen LogP contribution in [0.4, 0.5) is 18.9 Å². The molecule has 174 valence electrons. The van der Waals surface area contributed by atoms with E-state index in [0.29, 0.717) is 22.9 Å². The molecule has 9 heteroatoms. The van der Waals surface area contributed by atoms with Gasteiger partial charge in [-0.2, -0.15) is 13.2 Å². The van der Waals surface area contributed by atoms with E-state index >= 15 is 0 Å². The number of ether oxygens (including phenoxy) is 2. The zero-order valence-electron chi connectivity index (χ0n) is 18.1. The van der Waals surface area contributed by atoms with Crippen molar-refractivity contribution in [2.45, 2.75) is 37.3 Å². The van der Waals surface area contributed by atoms with Gasteiger partial charge in [0.05, 0.1) is 17.4 Å². The fraction of sp³-hybridized carbons (Fsp3) is 0.292. The zero-order valence-corrected chi connectivity index (χ0v) is 18.9. The lowest BCUT2D eigenvalue weighted by Gasteiger charge is -2.15. The number of halogens is 3. The SMILES string of the molecule is COc1ncc(-c2cccc(OCc3cccc(C(F)(F)F)c3)c2)cc1NS(=O)C1(C)CC1. The molecule has 33 heavy (non-hydrogen) atoms. The molecule has 4 rings (SSSR count). The van der Waals surface area contributed by atoms with E-state index in [1.165, 1.54) is 13.2 Å². The third-order valence-corrected chi connectivity index (χ3v) is 7.18. The van der Waals surface area contributed by atoms with Crippen LogP contribution < -0.4 is 14.2 Å². The molecular weight excluding hydrogens is 453 g/mol. The predicted molar refractivity (Wildman–Crippen MR) is 121 cm³/mol. The fourth-order valence-corrected chi connectivity index (χ4v) is 4.27. The van der Waals surface area contributed by atoms with Crippen LogP contribution in [0.5, 0.6) is 11.6 Å². The maximum absolute atomic E-state index is 12.9. The minimum atomic E-state index is -4.40. The van der Waals surface area contributed by atoms with Crippen LogP contribution in [0, 0.1) is 0 Å². The largest absolute Gasteiger partial charge is 0.489 e. The molecule has 0 radical (unpaired) electrons. The summed E-state index contributed by atoms with van der Waals surface area (Å²) in [5.74, 6) is 0.845.